The topological polar surface area (TPSA) is 89.8 Å². The Bertz CT molecular complexity index is 716. The molecule has 8 heteroatoms. The first kappa shape index (κ1) is 17.7. The minimum atomic E-state index is -0.453. The number of halogens is 1. The molecule has 2 aromatic rings. The van der Waals surface area contributed by atoms with Crippen LogP contribution in [0.3, 0.4) is 0 Å². The summed E-state index contributed by atoms with van der Waals surface area (Å²) in [5.41, 5.74) is 0.261. The van der Waals surface area contributed by atoms with E-state index in [1.165, 1.54) is 32.6 Å². The SMILES string of the molecule is COc1cc(C(=O)NCC(=O)NCc2ccco2)cc(Cl)c1OC. The van der Waals surface area contributed by atoms with Crippen molar-refractivity contribution in [1.82, 2.24) is 10.6 Å². The number of benzene rings is 1. The summed E-state index contributed by atoms with van der Waals surface area (Å²) >= 11 is 6.05. The van der Waals surface area contributed by atoms with Crippen LogP contribution in [0, 0.1) is 0 Å². The van der Waals surface area contributed by atoms with Gasteiger partial charge in [0.1, 0.15) is 5.76 Å². The number of hydrogen-bond donors (Lipinski definition) is 2. The minimum absolute atomic E-state index is 0.175. The minimum Gasteiger partial charge on any atom is -0.493 e. The molecule has 0 aliphatic rings. The molecule has 0 saturated carbocycles. The molecule has 0 bridgehead atoms. The van der Waals surface area contributed by atoms with Gasteiger partial charge in [0.2, 0.25) is 5.91 Å². The third-order valence-electron chi connectivity index (χ3n) is 3.15. The molecule has 24 heavy (non-hydrogen) atoms. The smallest absolute Gasteiger partial charge is 0.251 e. The Morgan fingerprint density at radius 1 is 1.21 bits per heavy atom. The van der Waals surface area contributed by atoms with Crippen LogP contribution < -0.4 is 20.1 Å². The van der Waals surface area contributed by atoms with E-state index in [9.17, 15) is 9.59 Å². The Balaban J connectivity index is 1.92. The average Bonchev–Trinajstić information content (AvgIpc) is 3.10. The zero-order valence-corrected chi connectivity index (χ0v) is 14.0. The maximum atomic E-state index is 12.1. The third kappa shape index (κ3) is 4.42. The second kappa shape index (κ2) is 8.26. The lowest BCUT2D eigenvalue weighted by atomic mass is 10.2. The van der Waals surface area contributed by atoms with Crippen LogP contribution in [0.2, 0.25) is 5.02 Å². The molecule has 1 heterocycles. The zero-order chi connectivity index (χ0) is 17.5. The van der Waals surface area contributed by atoms with Gasteiger partial charge in [-0.3, -0.25) is 9.59 Å². The van der Waals surface area contributed by atoms with E-state index in [4.69, 9.17) is 25.5 Å². The molecule has 0 saturated heterocycles. The average molecular weight is 353 g/mol. The van der Waals surface area contributed by atoms with Crippen LogP contribution in [0.15, 0.2) is 34.9 Å². The van der Waals surface area contributed by atoms with Crippen LogP contribution in [-0.4, -0.2) is 32.6 Å². The van der Waals surface area contributed by atoms with Gasteiger partial charge in [0.15, 0.2) is 11.5 Å². The molecule has 0 radical (unpaired) electrons. The Morgan fingerprint density at radius 3 is 2.62 bits per heavy atom. The summed E-state index contributed by atoms with van der Waals surface area (Å²) in [6, 6.07) is 6.40. The second-order valence-corrected chi connectivity index (χ2v) is 5.14. The van der Waals surface area contributed by atoms with Crippen molar-refractivity contribution in [2.45, 2.75) is 6.54 Å². The van der Waals surface area contributed by atoms with Crippen molar-refractivity contribution in [3.05, 3.63) is 46.9 Å². The van der Waals surface area contributed by atoms with E-state index in [0.29, 0.717) is 17.3 Å². The molecule has 2 amide bonds. The van der Waals surface area contributed by atoms with Crippen LogP contribution >= 0.6 is 11.6 Å². The fraction of sp³-hybridized carbons (Fsp3) is 0.250. The molecule has 1 aromatic heterocycles. The normalized spacial score (nSPS) is 10.1. The van der Waals surface area contributed by atoms with E-state index in [2.05, 4.69) is 10.6 Å². The summed E-state index contributed by atoms with van der Waals surface area (Å²) in [5, 5.41) is 5.37. The summed E-state index contributed by atoms with van der Waals surface area (Å²) < 4.78 is 15.3. The molecule has 1 aromatic carbocycles. The number of carbonyl (C=O) groups is 2. The Hall–Kier alpha value is -2.67. The van der Waals surface area contributed by atoms with Crippen LogP contribution in [0.4, 0.5) is 0 Å². The Labute approximate surface area is 143 Å². The van der Waals surface area contributed by atoms with E-state index >= 15 is 0 Å². The molecule has 0 aliphatic carbocycles. The van der Waals surface area contributed by atoms with Crippen molar-refractivity contribution in [2.24, 2.45) is 0 Å². The summed E-state index contributed by atoms with van der Waals surface area (Å²) in [7, 11) is 2.89. The standard InChI is InChI=1S/C16H17ClN2O5/c1-22-13-7-10(6-12(17)15(13)23-2)16(21)19-9-14(20)18-8-11-4-3-5-24-11/h3-7H,8-9H2,1-2H3,(H,18,20)(H,19,21). The molecule has 2 rings (SSSR count). The van der Waals surface area contributed by atoms with Crippen molar-refractivity contribution in [3.8, 4) is 11.5 Å². The van der Waals surface area contributed by atoms with Crippen LogP contribution in [0.1, 0.15) is 16.1 Å². The van der Waals surface area contributed by atoms with E-state index in [-0.39, 0.29) is 29.6 Å². The lowest BCUT2D eigenvalue weighted by Gasteiger charge is -2.12. The van der Waals surface area contributed by atoms with Crippen LogP contribution in [0.25, 0.3) is 0 Å². The molecule has 2 N–H and O–H groups in total. The number of carbonyl (C=O) groups excluding carboxylic acids is 2. The summed E-state index contributed by atoms with van der Waals surface area (Å²) in [5.74, 6) is 0.503. The van der Waals surface area contributed by atoms with E-state index in [0.717, 1.165) is 0 Å². The fourth-order valence-electron chi connectivity index (χ4n) is 1.97. The number of methoxy groups -OCH3 is 2. The first-order chi connectivity index (χ1) is 11.5. The number of nitrogens with one attached hydrogen (secondary N) is 2. The number of amides is 2. The van der Waals surface area contributed by atoms with Gasteiger partial charge in [-0.25, -0.2) is 0 Å². The van der Waals surface area contributed by atoms with Crippen molar-refractivity contribution >= 4 is 23.4 Å². The van der Waals surface area contributed by atoms with E-state index in [1.54, 1.807) is 12.1 Å². The number of hydrogen-bond acceptors (Lipinski definition) is 5. The molecule has 0 unspecified atom stereocenters. The van der Waals surface area contributed by atoms with Gasteiger partial charge < -0.3 is 24.5 Å². The van der Waals surface area contributed by atoms with Crippen LogP contribution in [0.5, 0.6) is 11.5 Å². The summed E-state index contributed by atoms with van der Waals surface area (Å²) in [6.07, 6.45) is 1.52. The summed E-state index contributed by atoms with van der Waals surface area (Å²) in [6.45, 7) is 0.0788. The van der Waals surface area contributed by atoms with E-state index < -0.39 is 5.91 Å². The highest BCUT2D eigenvalue weighted by Gasteiger charge is 2.15. The van der Waals surface area contributed by atoms with Gasteiger partial charge in [-0.1, -0.05) is 11.6 Å². The fourth-order valence-corrected chi connectivity index (χ4v) is 2.26. The van der Waals surface area contributed by atoms with E-state index in [1.807, 2.05) is 0 Å². The maximum Gasteiger partial charge on any atom is 0.251 e. The quantitative estimate of drug-likeness (QED) is 0.795. The predicted molar refractivity (Wildman–Crippen MR) is 87.4 cm³/mol. The highest BCUT2D eigenvalue weighted by atomic mass is 35.5. The first-order valence-electron chi connectivity index (χ1n) is 7.04. The van der Waals surface area contributed by atoms with Crippen molar-refractivity contribution in [2.75, 3.05) is 20.8 Å². The van der Waals surface area contributed by atoms with Gasteiger partial charge in [-0.2, -0.15) is 0 Å². The lowest BCUT2D eigenvalue weighted by Crippen LogP contribution is -2.36. The van der Waals surface area contributed by atoms with Crippen molar-refractivity contribution in [3.63, 3.8) is 0 Å². The maximum absolute atomic E-state index is 12.1. The molecule has 128 valence electrons. The van der Waals surface area contributed by atoms with Gasteiger partial charge in [-0.05, 0) is 24.3 Å². The first-order valence-corrected chi connectivity index (χ1v) is 7.41. The molecule has 0 aliphatic heterocycles. The highest BCUT2D eigenvalue weighted by Crippen LogP contribution is 2.35. The molecular formula is C16H17ClN2O5. The van der Waals surface area contributed by atoms with Crippen molar-refractivity contribution in [1.29, 1.82) is 0 Å². The van der Waals surface area contributed by atoms with Gasteiger partial charge >= 0.3 is 0 Å². The monoisotopic (exact) mass is 352 g/mol. The Morgan fingerprint density at radius 2 is 2.00 bits per heavy atom. The number of ether oxygens (including phenoxy) is 2. The largest absolute Gasteiger partial charge is 0.493 e. The zero-order valence-electron chi connectivity index (χ0n) is 13.2. The number of furan rings is 1. The van der Waals surface area contributed by atoms with Gasteiger partial charge in [0, 0.05) is 5.56 Å². The summed E-state index contributed by atoms with van der Waals surface area (Å²) in [4.78, 5) is 23.9. The van der Waals surface area contributed by atoms with Crippen molar-refractivity contribution < 1.29 is 23.5 Å². The molecule has 7 nitrogen and oxygen atoms in total. The lowest BCUT2D eigenvalue weighted by molar-refractivity contribution is -0.120. The number of rotatable bonds is 7. The third-order valence-corrected chi connectivity index (χ3v) is 3.43. The molecule has 0 spiro atoms. The molecule has 0 fully saturated rings. The van der Waals surface area contributed by atoms with Gasteiger partial charge in [0.25, 0.3) is 5.91 Å². The highest BCUT2D eigenvalue weighted by molar-refractivity contribution is 6.32. The Kier molecular flexibility index (Phi) is 6.08. The molecule has 0 atom stereocenters. The van der Waals surface area contributed by atoms with Crippen LogP contribution in [-0.2, 0) is 11.3 Å². The van der Waals surface area contributed by atoms with Gasteiger partial charge in [0.05, 0.1) is 38.6 Å². The second-order valence-electron chi connectivity index (χ2n) is 4.73. The molecular weight excluding hydrogens is 336 g/mol. The van der Waals surface area contributed by atoms with Gasteiger partial charge in [-0.15, -0.1) is 0 Å². The predicted octanol–water partition coefficient (Wildman–Crippen LogP) is 2.00.